The van der Waals surface area contributed by atoms with Crippen molar-refractivity contribution < 1.29 is 9.59 Å². The molecule has 1 aromatic carbocycles. The van der Waals surface area contributed by atoms with Crippen molar-refractivity contribution in [3.8, 4) is 0 Å². The van der Waals surface area contributed by atoms with E-state index < -0.39 is 0 Å². The van der Waals surface area contributed by atoms with E-state index in [-0.39, 0.29) is 18.4 Å². The Kier molecular flexibility index (Phi) is 5.34. The third-order valence-electron chi connectivity index (χ3n) is 2.57. The van der Waals surface area contributed by atoms with Crippen molar-refractivity contribution in [1.29, 1.82) is 0 Å². The van der Waals surface area contributed by atoms with Gasteiger partial charge in [-0.15, -0.1) is 0 Å². The number of hydrogen-bond donors (Lipinski definition) is 1. The zero-order valence-electron chi connectivity index (χ0n) is 10.8. The molecule has 0 unspecified atom stereocenters. The summed E-state index contributed by atoms with van der Waals surface area (Å²) < 4.78 is 0.969. The van der Waals surface area contributed by atoms with Crippen LogP contribution >= 0.6 is 15.9 Å². The summed E-state index contributed by atoms with van der Waals surface area (Å²) in [5, 5.41) is 2.79. The van der Waals surface area contributed by atoms with Crippen LogP contribution in [0, 0.1) is 6.92 Å². The van der Waals surface area contributed by atoms with Crippen LogP contribution in [0.4, 0.5) is 5.69 Å². The Labute approximate surface area is 115 Å². The van der Waals surface area contributed by atoms with E-state index in [1.54, 1.807) is 14.0 Å². The fraction of sp³-hybridized carbons (Fsp3) is 0.385. The van der Waals surface area contributed by atoms with Crippen LogP contribution in [0.5, 0.6) is 0 Å². The minimum absolute atomic E-state index is 0.0438. The van der Waals surface area contributed by atoms with Crippen LogP contribution in [0.15, 0.2) is 22.7 Å². The lowest BCUT2D eigenvalue weighted by atomic mass is 10.2. The number of halogens is 1. The molecule has 4 nitrogen and oxygen atoms in total. The topological polar surface area (TPSA) is 49.4 Å². The fourth-order valence-electron chi connectivity index (χ4n) is 1.53. The summed E-state index contributed by atoms with van der Waals surface area (Å²) in [6.07, 6.45) is 0.404. The Balaban J connectivity index is 2.62. The molecular formula is C13H17BrN2O2. The molecule has 0 bridgehead atoms. The first-order valence-corrected chi connectivity index (χ1v) is 6.53. The molecule has 1 N–H and O–H groups in total. The van der Waals surface area contributed by atoms with Gasteiger partial charge in [-0.1, -0.05) is 22.9 Å². The molecule has 0 aliphatic heterocycles. The average Bonchev–Trinajstić information content (AvgIpc) is 2.31. The van der Waals surface area contributed by atoms with Crippen molar-refractivity contribution in [2.75, 3.05) is 18.9 Å². The first-order chi connectivity index (χ1) is 8.43. The van der Waals surface area contributed by atoms with E-state index in [0.717, 1.165) is 15.7 Å². The molecule has 0 fully saturated rings. The van der Waals surface area contributed by atoms with Gasteiger partial charge in [0.05, 0.1) is 6.54 Å². The Morgan fingerprint density at radius 2 is 2.06 bits per heavy atom. The van der Waals surface area contributed by atoms with Gasteiger partial charge in [0, 0.05) is 23.6 Å². The van der Waals surface area contributed by atoms with Crippen LogP contribution in [-0.2, 0) is 9.59 Å². The van der Waals surface area contributed by atoms with E-state index in [1.807, 2.05) is 25.1 Å². The van der Waals surface area contributed by atoms with Crippen LogP contribution in [0.2, 0.25) is 0 Å². The molecule has 0 radical (unpaired) electrons. The summed E-state index contributed by atoms with van der Waals surface area (Å²) >= 11 is 3.37. The molecule has 0 aliphatic carbocycles. The zero-order valence-corrected chi connectivity index (χ0v) is 12.4. The summed E-state index contributed by atoms with van der Waals surface area (Å²) in [5.41, 5.74) is 1.74. The molecule has 0 atom stereocenters. The first kappa shape index (κ1) is 14.7. The van der Waals surface area contributed by atoms with E-state index >= 15 is 0 Å². The van der Waals surface area contributed by atoms with Crippen LogP contribution < -0.4 is 5.32 Å². The highest BCUT2D eigenvalue weighted by molar-refractivity contribution is 9.10. The maximum absolute atomic E-state index is 11.8. The Hall–Kier alpha value is -1.36. The second-order valence-corrected chi connectivity index (χ2v) is 5.03. The predicted octanol–water partition coefficient (Wildman–Crippen LogP) is 2.56. The van der Waals surface area contributed by atoms with Crippen LogP contribution in [0.3, 0.4) is 0 Å². The molecule has 98 valence electrons. The van der Waals surface area contributed by atoms with Gasteiger partial charge in [-0.3, -0.25) is 9.59 Å². The molecule has 1 aromatic rings. The minimum atomic E-state index is -0.190. The number of nitrogens with one attached hydrogen (secondary N) is 1. The molecule has 0 saturated heterocycles. The largest absolute Gasteiger partial charge is 0.336 e. The van der Waals surface area contributed by atoms with E-state index in [1.165, 1.54) is 4.90 Å². The van der Waals surface area contributed by atoms with E-state index in [9.17, 15) is 9.59 Å². The standard InChI is InChI=1S/C13H17BrN2O2/c1-4-13(18)16(3)8-12(17)15-11-6-5-10(14)7-9(11)2/h5-7H,4,8H2,1-3H3,(H,15,17). The van der Waals surface area contributed by atoms with Crippen LogP contribution in [0.25, 0.3) is 0 Å². The maximum atomic E-state index is 11.8. The quantitative estimate of drug-likeness (QED) is 0.929. The van der Waals surface area contributed by atoms with Gasteiger partial charge >= 0.3 is 0 Å². The van der Waals surface area contributed by atoms with Gasteiger partial charge in [0.2, 0.25) is 11.8 Å². The van der Waals surface area contributed by atoms with Gasteiger partial charge in [-0.2, -0.15) is 0 Å². The molecular weight excluding hydrogens is 296 g/mol. The Morgan fingerprint density at radius 3 is 2.61 bits per heavy atom. The summed E-state index contributed by atoms with van der Waals surface area (Å²) in [4.78, 5) is 24.5. The lowest BCUT2D eigenvalue weighted by Gasteiger charge is -2.16. The molecule has 5 heteroatoms. The highest BCUT2D eigenvalue weighted by Gasteiger charge is 2.11. The number of rotatable bonds is 4. The van der Waals surface area contributed by atoms with Crippen molar-refractivity contribution in [2.24, 2.45) is 0 Å². The molecule has 2 amide bonds. The number of aryl methyl sites for hydroxylation is 1. The normalized spacial score (nSPS) is 10.0. The second kappa shape index (κ2) is 6.54. The number of carbonyl (C=O) groups is 2. The SMILES string of the molecule is CCC(=O)N(C)CC(=O)Nc1ccc(Br)cc1C. The van der Waals surface area contributed by atoms with Gasteiger partial charge in [-0.25, -0.2) is 0 Å². The van der Waals surface area contributed by atoms with Crippen molar-refractivity contribution in [3.05, 3.63) is 28.2 Å². The van der Waals surface area contributed by atoms with Crippen LogP contribution in [-0.4, -0.2) is 30.3 Å². The molecule has 1 rings (SSSR count). The summed E-state index contributed by atoms with van der Waals surface area (Å²) in [6.45, 7) is 3.76. The monoisotopic (exact) mass is 312 g/mol. The number of benzene rings is 1. The van der Waals surface area contributed by atoms with Gasteiger partial charge in [0.25, 0.3) is 0 Å². The minimum Gasteiger partial charge on any atom is -0.336 e. The number of amides is 2. The fourth-order valence-corrected chi connectivity index (χ4v) is 2.01. The van der Waals surface area contributed by atoms with Crippen molar-refractivity contribution in [1.82, 2.24) is 4.90 Å². The highest BCUT2D eigenvalue weighted by Crippen LogP contribution is 2.19. The number of likely N-dealkylation sites (N-methyl/N-ethyl adjacent to an activating group) is 1. The molecule has 18 heavy (non-hydrogen) atoms. The third-order valence-corrected chi connectivity index (χ3v) is 3.06. The zero-order chi connectivity index (χ0) is 13.7. The van der Waals surface area contributed by atoms with Crippen molar-refractivity contribution in [3.63, 3.8) is 0 Å². The van der Waals surface area contributed by atoms with E-state index in [4.69, 9.17) is 0 Å². The maximum Gasteiger partial charge on any atom is 0.243 e. The third kappa shape index (κ3) is 4.14. The predicted molar refractivity (Wildman–Crippen MR) is 75.4 cm³/mol. The average molecular weight is 313 g/mol. The van der Waals surface area contributed by atoms with Gasteiger partial charge in [0.1, 0.15) is 0 Å². The number of anilines is 1. The molecule has 0 spiro atoms. The van der Waals surface area contributed by atoms with E-state index in [2.05, 4.69) is 21.2 Å². The second-order valence-electron chi connectivity index (χ2n) is 4.11. The van der Waals surface area contributed by atoms with Crippen LogP contribution in [0.1, 0.15) is 18.9 Å². The Morgan fingerprint density at radius 1 is 1.39 bits per heavy atom. The summed E-state index contributed by atoms with van der Waals surface area (Å²) in [5.74, 6) is -0.234. The van der Waals surface area contributed by atoms with Gasteiger partial charge in [-0.05, 0) is 30.7 Å². The molecule has 0 aromatic heterocycles. The number of hydrogen-bond acceptors (Lipinski definition) is 2. The van der Waals surface area contributed by atoms with E-state index in [0.29, 0.717) is 6.42 Å². The highest BCUT2D eigenvalue weighted by atomic mass is 79.9. The molecule has 0 saturated carbocycles. The van der Waals surface area contributed by atoms with Crippen molar-refractivity contribution in [2.45, 2.75) is 20.3 Å². The Bertz CT molecular complexity index is 460. The number of carbonyl (C=O) groups excluding carboxylic acids is 2. The lowest BCUT2D eigenvalue weighted by Crippen LogP contribution is -2.34. The first-order valence-electron chi connectivity index (χ1n) is 5.74. The smallest absolute Gasteiger partial charge is 0.243 e. The lowest BCUT2D eigenvalue weighted by molar-refractivity contribution is -0.133. The van der Waals surface area contributed by atoms with Crippen molar-refractivity contribution >= 4 is 33.4 Å². The number of nitrogens with zero attached hydrogens (tertiary/aromatic N) is 1. The van der Waals surface area contributed by atoms with Gasteiger partial charge in [0.15, 0.2) is 0 Å². The summed E-state index contributed by atoms with van der Waals surface area (Å²) in [6, 6.07) is 5.62. The molecule has 0 heterocycles. The summed E-state index contributed by atoms with van der Waals surface area (Å²) in [7, 11) is 1.62. The van der Waals surface area contributed by atoms with Gasteiger partial charge < -0.3 is 10.2 Å². The molecule has 0 aliphatic rings.